The maximum absolute atomic E-state index is 4.24. The lowest BCUT2D eigenvalue weighted by molar-refractivity contribution is 1.23. The van der Waals surface area contributed by atoms with Crippen LogP contribution >= 0.6 is 12.6 Å². The zero-order chi connectivity index (χ0) is 9.10. The van der Waals surface area contributed by atoms with Crippen LogP contribution in [0.5, 0.6) is 0 Å². The highest BCUT2D eigenvalue weighted by atomic mass is 32.1. The molecule has 13 heavy (non-hydrogen) atoms. The zero-order valence-electron chi connectivity index (χ0n) is 6.88. The van der Waals surface area contributed by atoms with E-state index >= 15 is 0 Å². The molecule has 0 radical (unpaired) electrons. The molecule has 0 saturated carbocycles. The molecule has 2 rings (SSSR count). The fraction of sp³-hybridized carbons (Fsp3) is 0. The van der Waals surface area contributed by atoms with Crippen molar-refractivity contribution in [1.82, 2.24) is 9.97 Å². The highest BCUT2D eigenvalue weighted by Crippen LogP contribution is 2.16. The fourth-order valence-electron chi connectivity index (χ4n) is 1.08. The molecule has 0 bridgehead atoms. The van der Waals surface area contributed by atoms with E-state index in [1.54, 1.807) is 18.6 Å². The number of hydrogen-bond donors (Lipinski definition) is 1. The minimum Gasteiger partial charge on any atom is -0.265 e. The van der Waals surface area contributed by atoms with Gasteiger partial charge in [-0.15, -0.1) is 12.6 Å². The Kier molecular flexibility index (Phi) is 2.27. The third kappa shape index (κ3) is 1.87. The third-order valence-electron chi connectivity index (χ3n) is 1.72. The highest BCUT2D eigenvalue weighted by molar-refractivity contribution is 7.80. The highest BCUT2D eigenvalue weighted by Gasteiger charge is 1.96. The average Bonchev–Trinajstić information content (AvgIpc) is 2.20. The van der Waals surface area contributed by atoms with Gasteiger partial charge in [-0.25, -0.2) is 0 Å². The van der Waals surface area contributed by atoms with E-state index in [0.717, 1.165) is 16.2 Å². The van der Waals surface area contributed by atoms with Gasteiger partial charge in [0.25, 0.3) is 0 Å². The van der Waals surface area contributed by atoms with Crippen molar-refractivity contribution in [1.29, 1.82) is 0 Å². The van der Waals surface area contributed by atoms with Crippen molar-refractivity contribution >= 4 is 12.6 Å². The molecule has 0 N–H and O–H groups in total. The minimum absolute atomic E-state index is 0.873. The first-order chi connectivity index (χ1) is 6.36. The fourth-order valence-corrected chi connectivity index (χ4v) is 1.21. The largest absolute Gasteiger partial charge is 0.265 e. The van der Waals surface area contributed by atoms with Gasteiger partial charge in [0.15, 0.2) is 0 Å². The number of thiol groups is 1. The van der Waals surface area contributed by atoms with Crippen molar-refractivity contribution in [2.24, 2.45) is 0 Å². The predicted molar refractivity (Wildman–Crippen MR) is 54.7 cm³/mol. The van der Waals surface area contributed by atoms with Crippen molar-refractivity contribution in [3.63, 3.8) is 0 Å². The Morgan fingerprint density at radius 3 is 2.38 bits per heavy atom. The molecule has 0 aromatic carbocycles. The summed E-state index contributed by atoms with van der Waals surface area (Å²) in [6, 6.07) is 7.73. The second-order valence-electron chi connectivity index (χ2n) is 2.64. The third-order valence-corrected chi connectivity index (χ3v) is 1.99. The maximum atomic E-state index is 4.24. The first-order valence-corrected chi connectivity index (χ1v) is 4.36. The molecule has 0 amide bonds. The number of hydrogen-bond acceptors (Lipinski definition) is 3. The van der Waals surface area contributed by atoms with Crippen LogP contribution in [0.4, 0.5) is 0 Å². The summed E-state index contributed by atoms with van der Waals surface area (Å²) in [6.45, 7) is 0. The Balaban J connectivity index is 2.42. The van der Waals surface area contributed by atoms with Gasteiger partial charge in [0, 0.05) is 29.0 Å². The molecule has 2 heterocycles. The standard InChI is InChI=1S/C10H8N2S/c13-9-1-2-10(12-7-9)8-3-5-11-6-4-8/h1-7,13H. The summed E-state index contributed by atoms with van der Waals surface area (Å²) in [6.07, 6.45) is 5.25. The summed E-state index contributed by atoms with van der Waals surface area (Å²) in [5.41, 5.74) is 2.02. The molecule has 2 aromatic rings. The average molecular weight is 188 g/mol. The molecule has 2 nitrogen and oxygen atoms in total. The van der Waals surface area contributed by atoms with Crippen LogP contribution in [-0.4, -0.2) is 9.97 Å². The first kappa shape index (κ1) is 8.26. The molecular formula is C10H8N2S. The molecule has 3 heteroatoms. The van der Waals surface area contributed by atoms with Crippen molar-refractivity contribution in [2.75, 3.05) is 0 Å². The van der Waals surface area contributed by atoms with E-state index in [1.807, 2.05) is 24.3 Å². The molecule has 0 aliphatic heterocycles. The van der Waals surface area contributed by atoms with E-state index in [-0.39, 0.29) is 0 Å². The Morgan fingerprint density at radius 1 is 1.00 bits per heavy atom. The number of rotatable bonds is 1. The van der Waals surface area contributed by atoms with E-state index in [4.69, 9.17) is 0 Å². The Bertz CT molecular complexity index is 383. The van der Waals surface area contributed by atoms with Crippen LogP contribution < -0.4 is 0 Å². The zero-order valence-corrected chi connectivity index (χ0v) is 7.78. The lowest BCUT2D eigenvalue weighted by Crippen LogP contribution is -1.82. The summed E-state index contributed by atoms with van der Waals surface area (Å²) < 4.78 is 0. The number of pyridine rings is 2. The lowest BCUT2D eigenvalue weighted by atomic mass is 10.2. The topological polar surface area (TPSA) is 25.8 Å². The van der Waals surface area contributed by atoms with Gasteiger partial charge in [0.2, 0.25) is 0 Å². The van der Waals surface area contributed by atoms with Gasteiger partial charge >= 0.3 is 0 Å². The molecule has 2 aromatic heterocycles. The monoisotopic (exact) mass is 188 g/mol. The second kappa shape index (κ2) is 3.58. The van der Waals surface area contributed by atoms with Crippen molar-refractivity contribution in [2.45, 2.75) is 4.90 Å². The van der Waals surface area contributed by atoms with Crippen LogP contribution in [0.3, 0.4) is 0 Å². The smallest absolute Gasteiger partial charge is 0.0703 e. The van der Waals surface area contributed by atoms with Crippen molar-refractivity contribution < 1.29 is 0 Å². The molecule has 0 saturated heterocycles. The van der Waals surface area contributed by atoms with Gasteiger partial charge in [-0.2, -0.15) is 0 Å². The first-order valence-electron chi connectivity index (χ1n) is 3.92. The molecule has 0 aliphatic rings. The van der Waals surface area contributed by atoms with Crippen LogP contribution in [0.1, 0.15) is 0 Å². The molecular weight excluding hydrogens is 180 g/mol. The Hall–Kier alpha value is -1.35. The summed E-state index contributed by atoms with van der Waals surface area (Å²) in [4.78, 5) is 9.06. The number of nitrogens with zero attached hydrogens (tertiary/aromatic N) is 2. The molecule has 0 fully saturated rings. The van der Waals surface area contributed by atoms with Crippen molar-refractivity contribution in [3.8, 4) is 11.3 Å². The van der Waals surface area contributed by atoms with Gasteiger partial charge < -0.3 is 0 Å². The van der Waals surface area contributed by atoms with Crippen molar-refractivity contribution in [3.05, 3.63) is 42.9 Å². The molecule has 0 aliphatic carbocycles. The summed E-state index contributed by atoms with van der Waals surface area (Å²) in [5, 5.41) is 0. The summed E-state index contributed by atoms with van der Waals surface area (Å²) in [5.74, 6) is 0. The van der Waals surface area contributed by atoms with Gasteiger partial charge in [-0.1, -0.05) is 0 Å². The van der Waals surface area contributed by atoms with E-state index in [9.17, 15) is 0 Å². The van der Waals surface area contributed by atoms with E-state index in [0.29, 0.717) is 0 Å². The number of aromatic nitrogens is 2. The van der Waals surface area contributed by atoms with Crippen LogP contribution in [0.15, 0.2) is 47.8 Å². The normalized spacial score (nSPS) is 9.92. The van der Waals surface area contributed by atoms with Gasteiger partial charge in [-0.3, -0.25) is 9.97 Å². The molecule has 64 valence electrons. The van der Waals surface area contributed by atoms with E-state index < -0.39 is 0 Å². The van der Waals surface area contributed by atoms with Crippen LogP contribution in [0.2, 0.25) is 0 Å². The summed E-state index contributed by atoms with van der Waals surface area (Å²) >= 11 is 4.17. The minimum atomic E-state index is 0.873. The lowest BCUT2D eigenvalue weighted by Gasteiger charge is -1.98. The van der Waals surface area contributed by atoms with Crippen LogP contribution in [-0.2, 0) is 0 Å². The molecule has 0 spiro atoms. The second-order valence-corrected chi connectivity index (χ2v) is 3.15. The van der Waals surface area contributed by atoms with Crippen LogP contribution in [0, 0.1) is 0 Å². The molecule has 0 atom stereocenters. The predicted octanol–water partition coefficient (Wildman–Crippen LogP) is 2.43. The van der Waals surface area contributed by atoms with Gasteiger partial charge in [0.05, 0.1) is 5.69 Å². The molecule has 0 unspecified atom stereocenters. The van der Waals surface area contributed by atoms with Gasteiger partial charge in [0.1, 0.15) is 0 Å². The maximum Gasteiger partial charge on any atom is 0.0703 e. The Labute approximate surface area is 82.1 Å². The SMILES string of the molecule is Sc1ccc(-c2ccncc2)nc1. The van der Waals surface area contributed by atoms with E-state index in [2.05, 4.69) is 22.6 Å². The summed E-state index contributed by atoms with van der Waals surface area (Å²) in [7, 11) is 0. The van der Waals surface area contributed by atoms with E-state index in [1.165, 1.54) is 0 Å². The van der Waals surface area contributed by atoms with Gasteiger partial charge in [-0.05, 0) is 24.3 Å². The quantitative estimate of drug-likeness (QED) is 0.695. The Morgan fingerprint density at radius 2 is 1.77 bits per heavy atom. The van der Waals surface area contributed by atoms with Crippen LogP contribution in [0.25, 0.3) is 11.3 Å².